The number of benzene rings is 2. The van der Waals surface area contributed by atoms with E-state index >= 15 is 0 Å². The van der Waals surface area contributed by atoms with Gasteiger partial charge in [-0.15, -0.1) is 0 Å². The lowest BCUT2D eigenvalue weighted by Gasteiger charge is -2.14. The van der Waals surface area contributed by atoms with Crippen molar-refractivity contribution in [3.8, 4) is 11.5 Å². The summed E-state index contributed by atoms with van der Waals surface area (Å²) in [6, 6.07) is 15.1. The van der Waals surface area contributed by atoms with Gasteiger partial charge in [0.1, 0.15) is 4.32 Å². The Morgan fingerprint density at radius 1 is 1.19 bits per heavy atom. The molecule has 2 aliphatic heterocycles. The smallest absolute Gasteiger partial charge is 0.266 e. The topological polar surface area (TPSA) is 67.9 Å². The van der Waals surface area contributed by atoms with E-state index in [9.17, 15) is 9.59 Å². The maximum atomic E-state index is 12.8. The average molecular weight is 453 g/mol. The van der Waals surface area contributed by atoms with Crippen molar-refractivity contribution in [2.24, 2.45) is 0 Å². The van der Waals surface area contributed by atoms with Gasteiger partial charge in [0.05, 0.1) is 4.91 Å². The van der Waals surface area contributed by atoms with Crippen molar-refractivity contribution in [2.45, 2.75) is 13.3 Å². The molecule has 8 heteroatoms. The van der Waals surface area contributed by atoms with E-state index in [0.717, 1.165) is 11.1 Å². The van der Waals surface area contributed by atoms with Crippen LogP contribution in [0.15, 0.2) is 65.1 Å². The first-order valence-corrected chi connectivity index (χ1v) is 10.9. The molecule has 2 aliphatic rings. The van der Waals surface area contributed by atoms with Gasteiger partial charge in [-0.2, -0.15) is 0 Å². The predicted octanol–water partition coefficient (Wildman–Crippen LogP) is 4.59. The molecule has 1 N–H and O–H groups in total. The second-order valence-corrected chi connectivity index (χ2v) is 8.67. The molecule has 4 rings (SSSR count). The van der Waals surface area contributed by atoms with Gasteiger partial charge in [0.2, 0.25) is 12.7 Å². The van der Waals surface area contributed by atoms with Gasteiger partial charge < -0.3 is 14.8 Å². The van der Waals surface area contributed by atoms with Crippen molar-refractivity contribution in [1.29, 1.82) is 0 Å². The number of allylic oxidation sites excluding steroid dienone is 2. The lowest BCUT2D eigenvalue weighted by molar-refractivity contribution is -0.122. The van der Waals surface area contributed by atoms with Crippen LogP contribution >= 0.6 is 24.0 Å². The van der Waals surface area contributed by atoms with E-state index in [1.807, 2.05) is 49.4 Å². The second-order valence-electron chi connectivity index (χ2n) is 7.00. The van der Waals surface area contributed by atoms with Gasteiger partial charge in [-0.25, -0.2) is 0 Å². The lowest BCUT2D eigenvalue weighted by atomic mass is 10.1. The molecule has 1 saturated heterocycles. The number of nitrogens with one attached hydrogen (secondary N) is 1. The normalized spacial score (nSPS) is 16.9. The summed E-state index contributed by atoms with van der Waals surface area (Å²) in [4.78, 5) is 27.1. The summed E-state index contributed by atoms with van der Waals surface area (Å²) >= 11 is 6.61. The van der Waals surface area contributed by atoms with E-state index in [-0.39, 0.29) is 31.6 Å². The van der Waals surface area contributed by atoms with Crippen LogP contribution in [0.25, 0.3) is 6.08 Å². The van der Waals surface area contributed by atoms with Crippen LogP contribution in [0.4, 0.5) is 5.69 Å². The van der Waals surface area contributed by atoms with Gasteiger partial charge in [-0.05, 0) is 36.3 Å². The van der Waals surface area contributed by atoms with Crippen LogP contribution in [0.1, 0.15) is 18.9 Å². The molecule has 0 aliphatic carbocycles. The van der Waals surface area contributed by atoms with Crippen molar-refractivity contribution >= 4 is 51.9 Å². The number of thiocarbonyl (C=S) groups is 1. The third kappa shape index (κ3) is 5.15. The molecule has 0 bridgehead atoms. The van der Waals surface area contributed by atoms with Crippen LogP contribution in [-0.4, -0.2) is 34.4 Å². The fraction of sp³-hybridized carbons (Fsp3) is 0.174. The molecule has 0 atom stereocenters. The molecule has 0 unspecified atom stereocenters. The van der Waals surface area contributed by atoms with Gasteiger partial charge >= 0.3 is 0 Å². The number of hydrogen-bond acceptors (Lipinski definition) is 6. The number of hydrogen-bond donors (Lipinski definition) is 1. The van der Waals surface area contributed by atoms with Crippen molar-refractivity contribution in [3.05, 3.63) is 70.6 Å². The lowest BCUT2D eigenvalue weighted by Crippen LogP contribution is -2.31. The van der Waals surface area contributed by atoms with E-state index < -0.39 is 0 Å². The summed E-state index contributed by atoms with van der Waals surface area (Å²) in [6.45, 7) is 2.34. The van der Waals surface area contributed by atoms with Crippen molar-refractivity contribution in [3.63, 3.8) is 0 Å². The zero-order chi connectivity index (χ0) is 21.8. The molecule has 158 valence electrons. The Morgan fingerprint density at radius 2 is 1.97 bits per heavy atom. The highest BCUT2D eigenvalue weighted by Gasteiger charge is 2.32. The molecule has 2 heterocycles. The zero-order valence-corrected chi connectivity index (χ0v) is 18.4. The standard InChI is InChI=1S/C23H20N2O4S2/c1-15(11-16-5-3-2-4-6-16)12-20-22(27)25(23(30)31-20)10-9-21(26)24-17-7-8-18-19(13-17)29-14-28-18/h2-8,11-13H,9-10,14H2,1H3,(H,24,26). The fourth-order valence-electron chi connectivity index (χ4n) is 3.16. The van der Waals surface area contributed by atoms with E-state index in [1.54, 1.807) is 18.2 Å². The number of ether oxygens (including phenoxy) is 2. The maximum absolute atomic E-state index is 12.8. The summed E-state index contributed by atoms with van der Waals surface area (Å²) in [5.74, 6) is 0.863. The Balaban J connectivity index is 1.34. The molecule has 6 nitrogen and oxygen atoms in total. The first-order chi connectivity index (χ1) is 15.0. The molecule has 0 saturated carbocycles. The number of nitrogens with zero attached hydrogens (tertiary/aromatic N) is 1. The highest BCUT2D eigenvalue weighted by molar-refractivity contribution is 8.26. The Hall–Kier alpha value is -3.10. The quantitative estimate of drug-likeness (QED) is 0.511. The van der Waals surface area contributed by atoms with Crippen LogP contribution in [0.2, 0.25) is 0 Å². The number of anilines is 1. The number of rotatable bonds is 6. The van der Waals surface area contributed by atoms with Gasteiger partial charge in [0, 0.05) is 24.7 Å². The minimum atomic E-state index is -0.211. The number of thioether (sulfide) groups is 1. The van der Waals surface area contributed by atoms with Crippen molar-refractivity contribution < 1.29 is 19.1 Å². The second kappa shape index (κ2) is 9.36. The Morgan fingerprint density at radius 3 is 2.77 bits per heavy atom. The largest absolute Gasteiger partial charge is 0.454 e. The predicted molar refractivity (Wildman–Crippen MR) is 126 cm³/mol. The monoisotopic (exact) mass is 452 g/mol. The van der Waals surface area contributed by atoms with Crippen LogP contribution < -0.4 is 14.8 Å². The van der Waals surface area contributed by atoms with Gasteiger partial charge in [0.15, 0.2) is 11.5 Å². The maximum Gasteiger partial charge on any atom is 0.266 e. The SMILES string of the molecule is CC(=Cc1ccccc1)C=C1SC(=S)N(CCC(=O)Nc2ccc3c(c2)OCO3)C1=O. The minimum absolute atomic E-state index is 0.132. The average Bonchev–Trinajstić information content (AvgIpc) is 3.31. The highest BCUT2D eigenvalue weighted by Crippen LogP contribution is 2.34. The molecule has 0 spiro atoms. The number of carbonyl (C=O) groups is 2. The first-order valence-electron chi connectivity index (χ1n) is 9.68. The molecule has 2 aromatic carbocycles. The van der Waals surface area contributed by atoms with Crippen LogP contribution in [0.5, 0.6) is 11.5 Å². The fourth-order valence-corrected chi connectivity index (χ4v) is 4.52. The Bertz CT molecular complexity index is 1100. The molecule has 0 radical (unpaired) electrons. The number of amides is 2. The molecular formula is C23H20N2O4S2. The third-order valence-electron chi connectivity index (χ3n) is 4.65. The van der Waals surface area contributed by atoms with E-state index in [4.69, 9.17) is 21.7 Å². The molecule has 2 amide bonds. The van der Waals surface area contributed by atoms with Gasteiger partial charge in [-0.1, -0.05) is 60.4 Å². The van der Waals surface area contributed by atoms with E-state index in [1.165, 1.54) is 16.7 Å². The van der Waals surface area contributed by atoms with E-state index in [0.29, 0.717) is 26.4 Å². The summed E-state index contributed by atoms with van der Waals surface area (Å²) in [5.41, 5.74) is 2.63. The summed E-state index contributed by atoms with van der Waals surface area (Å²) in [7, 11) is 0. The van der Waals surface area contributed by atoms with Crippen molar-refractivity contribution in [2.75, 3.05) is 18.7 Å². The molecule has 31 heavy (non-hydrogen) atoms. The number of fused-ring (bicyclic) bond motifs is 1. The minimum Gasteiger partial charge on any atom is -0.454 e. The van der Waals surface area contributed by atoms with E-state index in [2.05, 4.69) is 5.32 Å². The van der Waals surface area contributed by atoms with Crippen LogP contribution in [0.3, 0.4) is 0 Å². The first kappa shape index (κ1) is 21.1. The highest BCUT2D eigenvalue weighted by atomic mass is 32.2. The number of carbonyl (C=O) groups excluding carboxylic acids is 2. The molecule has 1 fully saturated rings. The van der Waals surface area contributed by atoms with Crippen LogP contribution in [-0.2, 0) is 9.59 Å². The Kier molecular flexibility index (Phi) is 6.39. The zero-order valence-electron chi connectivity index (χ0n) is 16.8. The summed E-state index contributed by atoms with van der Waals surface area (Å²) in [5, 5.41) is 2.81. The van der Waals surface area contributed by atoms with Crippen LogP contribution in [0, 0.1) is 0 Å². The van der Waals surface area contributed by atoms with Gasteiger partial charge in [-0.3, -0.25) is 14.5 Å². The Labute approximate surface area is 189 Å². The molecule has 0 aromatic heterocycles. The van der Waals surface area contributed by atoms with Crippen molar-refractivity contribution in [1.82, 2.24) is 4.90 Å². The summed E-state index contributed by atoms with van der Waals surface area (Å²) < 4.78 is 11.0. The van der Waals surface area contributed by atoms with Gasteiger partial charge in [0.25, 0.3) is 5.91 Å². The third-order valence-corrected chi connectivity index (χ3v) is 6.02. The molecular weight excluding hydrogens is 432 g/mol. The summed E-state index contributed by atoms with van der Waals surface area (Å²) in [6.07, 6.45) is 3.97. The molecule has 2 aromatic rings.